The topological polar surface area (TPSA) is 8.81 Å². The van der Waals surface area contributed by atoms with Crippen molar-refractivity contribution in [2.75, 3.05) is 0 Å². The van der Waals surface area contributed by atoms with Gasteiger partial charge in [-0.05, 0) is 30.5 Å². The Bertz CT molecular complexity index is 704. The van der Waals surface area contributed by atoms with Crippen molar-refractivity contribution in [2.24, 2.45) is 0 Å². The Labute approximate surface area is 143 Å². The predicted molar refractivity (Wildman–Crippen MR) is 87.2 cm³/mol. The van der Waals surface area contributed by atoms with Crippen LogP contribution in [-0.4, -0.2) is 4.57 Å². The van der Waals surface area contributed by atoms with Gasteiger partial charge in [-0.2, -0.15) is 0 Å². The van der Waals surface area contributed by atoms with Crippen molar-refractivity contribution >= 4 is 11.0 Å². The lowest BCUT2D eigenvalue weighted by molar-refractivity contribution is -0.663. The lowest BCUT2D eigenvalue weighted by Crippen LogP contribution is -3.00. The highest BCUT2D eigenvalue weighted by Crippen LogP contribution is 2.13. The Morgan fingerprint density at radius 1 is 0.909 bits per heavy atom. The van der Waals surface area contributed by atoms with Gasteiger partial charge in [-0.1, -0.05) is 55.8 Å². The summed E-state index contributed by atoms with van der Waals surface area (Å²) in [5.41, 5.74) is 4.00. The van der Waals surface area contributed by atoms with Gasteiger partial charge >= 0.3 is 0 Å². The summed E-state index contributed by atoms with van der Waals surface area (Å²) in [4.78, 5) is 0. The molecule has 2 nitrogen and oxygen atoms in total. The third-order valence-corrected chi connectivity index (χ3v) is 3.98. The summed E-state index contributed by atoms with van der Waals surface area (Å²) in [6.45, 7) is 4.29. The number of nitrogens with zero attached hydrogens (tertiary/aromatic N) is 2. The number of rotatable bonds is 6. The number of unbranched alkanes of at least 4 members (excludes halogenated alkanes) is 2. The molecule has 0 aliphatic heterocycles. The third-order valence-electron chi connectivity index (χ3n) is 3.98. The normalized spacial score (nSPS) is 10.6. The van der Waals surface area contributed by atoms with Crippen molar-refractivity contribution in [3.8, 4) is 0 Å². The average molecular weight is 359 g/mol. The molecule has 0 atom stereocenters. The van der Waals surface area contributed by atoms with E-state index in [9.17, 15) is 0 Å². The fraction of sp³-hybridized carbons (Fsp3) is 0.316. The zero-order valence-electron chi connectivity index (χ0n) is 13.1. The molecule has 0 bridgehead atoms. The van der Waals surface area contributed by atoms with Crippen LogP contribution >= 0.6 is 0 Å². The van der Waals surface area contributed by atoms with Gasteiger partial charge < -0.3 is 17.0 Å². The molecule has 0 aliphatic carbocycles. The van der Waals surface area contributed by atoms with Gasteiger partial charge in [0.25, 0.3) is 0 Å². The maximum Gasteiger partial charge on any atom is 0.245 e. The number of halogens is 1. The number of aromatic nitrogens is 2. The van der Waals surface area contributed by atoms with Crippen LogP contribution in [0, 0.1) is 0 Å². The first-order valence-corrected chi connectivity index (χ1v) is 7.89. The van der Waals surface area contributed by atoms with Gasteiger partial charge in [-0.25, -0.2) is 9.13 Å². The molecule has 3 rings (SSSR count). The third kappa shape index (κ3) is 3.77. The highest BCUT2D eigenvalue weighted by molar-refractivity contribution is 5.71. The molecule has 3 heteroatoms. The van der Waals surface area contributed by atoms with Crippen molar-refractivity contribution in [1.82, 2.24) is 4.57 Å². The highest BCUT2D eigenvalue weighted by atomic mass is 79.9. The average Bonchev–Trinajstić information content (AvgIpc) is 2.87. The highest BCUT2D eigenvalue weighted by Gasteiger charge is 2.14. The molecular weight excluding hydrogens is 336 g/mol. The van der Waals surface area contributed by atoms with Crippen LogP contribution in [0.25, 0.3) is 11.0 Å². The minimum absolute atomic E-state index is 0. The van der Waals surface area contributed by atoms with Crippen LogP contribution in [0.3, 0.4) is 0 Å². The maximum atomic E-state index is 2.40. The van der Waals surface area contributed by atoms with E-state index in [1.54, 1.807) is 0 Å². The molecule has 0 fully saturated rings. The minimum atomic E-state index is 0. The standard InChI is InChI=1S/C19H23N2.BrH/c1-2-3-9-14-20-16-21(15-17-10-5-4-6-11-17)19-13-8-7-12-18(19)20;/h4-8,10-13,16H,2-3,9,14-15H2,1H3;1H/q+1;/p-1. The molecule has 0 unspecified atom stereocenters. The van der Waals surface area contributed by atoms with Crippen LogP contribution in [0.5, 0.6) is 0 Å². The summed E-state index contributed by atoms with van der Waals surface area (Å²) in [6.07, 6.45) is 6.09. The van der Waals surface area contributed by atoms with E-state index in [4.69, 9.17) is 0 Å². The molecule has 0 radical (unpaired) electrons. The van der Waals surface area contributed by atoms with Crippen molar-refractivity contribution in [2.45, 2.75) is 39.3 Å². The number of hydrogen-bond donors (Lipinski definition) is 0. The molecule has 3 aromatic rings. The number of fused-ring (bicyclic) bond motifs is 1. The van der Waals surface area contributed by atoms with E-state index in [0.717, 1.165) is 13.1 Å². The van der Waals surface area contributed by atoms with Crippen LogP contribution in [0.2, 0.25) is 0 Å². The zero-order chi connectivity index (χ0) is 14.5. The van der Waals surface area contributed by atoms with Gasteiger partial charge in [0.2, 0.25) is 6.33 Å². The van der Waals surface area contributed by atoms with Gasteiger partial charge in [-0.15, -0.1) is 0 Å². The van der Waals surface area contributed by atoms with Crippen LogP contribution in [0.1, 0.15) is 31.7 Å². The number of aryl methyl sites for hydroxylation is 1. The summed E-state index contributed by atoms with van der Waals surface area (Å²) in [7, 11) is 0. The molecule has 2 aromatic carbocycles. The van der Waals surface area contributed by atoms with Gasteiger partial charge in [0.15, 0.2) is 11.0 Å². The minimum Gasteiger partial charge on any atom is -1.00 e. The summed E-state index contributed by atoms with van der Waals surface area (Å²) < 4.78 is 4.75. The number of benzene rings is 2. The monoisotopic (exact) mass is 358 g/mol. The predicted octanol–water partition coefficient (Wildman–Crippen LogP) is 1.17. The largest absolute Gasteiger partial charge is 1.00 e. The molecule has 1 aromatic heterocycles. The molecule has 0 spiro atoms. The first-order chi connectivity index (χ1) is 10.4. The van der Waals surface area contributed by atoms with E-state index in [-0.39, 0.29) is 17.0 Å². The molecule has 116 valence electrons. The fourth-order valence-electron chi connectivity index (χ4n) is 2.86. The van der Waals surface area contributed by atoms with Crippen LogP contribution in [0.4, 0.5) is 0 Å². The number of imidazole rings is 1. The Balaban J connectivity index is 0.00000176. The van der Waals surface area contributed by atoms with Crippen LogP contribution in [-0.2, 0) is 13.1 Å². The number of hydrogen-bond acceptors (Lipinski definition) is 0. The Kier molecular flexibility index (Phi) is 6.20. The van der Waals surface area contributed by atoms with Crippen molar-refractivity contribution < 1.29 is 21.5 Å². The van der Waals surface area contributed by atoms with Gasteiger partial charge in [0.1, 0.15) is 6.54 Å². The molecular formula is C19H23BrN2. The molecule has 22 heavy (non-hydrogen) atoms. The second-order valence-electron chi connectivity index (χ2n) is 5.62. The van der Waals surface area contributed by atoms with Gasteiger partial charge in [0.05, 0.1) is 6.54 Å². The van der Waals surface area contributed by atoms with E-state index in [0.29, 0.717) is 0 Å². The molecule has 0 saturated carbocycles. The van der Waals surface area contributed by atoms with Crippen molar-refractivity contribution in [3.05, 3.63) is 66.5 Å². The summed E-state index contributed by atoms with van der Waals surface area (Å²) in [5, 5.41) is 0. The quantitative estimate of drug-likeness (QED) is 0.462. The fourth-order valence-corrected chi connectivity index (χ4v) is 2.86. The van der Waals surface area contributed by atoms with Crippen LogP contribution in [0.15, 0.2) is 60.9 Å². The molecule has 0 N–H and O–H groups in total. The zero-order valence-corrected chi connectivity index (χ0v) is 14.7. The maximum absolute atomic E-state index is 2.40. The SMILES string of the molecule is CCCCCn1c[n+](Cc2ccccc2)c2ccccc21.[Br-]. The summed E-state index contributed by atoms with van der Waals surface area (Å²) >= 11 is 0. The van der Waals surface area contributed by atoms with Crippen LogP contribution < -0.4 is 21.5 Å². The molecule has 1 heterocycles. The van der Waals surface area contributed by atoms with E-state index in [1.165, 1.54) is 35.9 Å². The molecule has 0 amide bonds. The van der Waals surface area contributed by atoms with Crippen molar-refractivity contribution in [1.29, 1.82) is 0 Å². The van der Waals surface area contributed by atoms with Gasteiger partial charge in [-0.3, -0.25) is 0 Å². The smallest absolute Gasteiger partial charge is 0.245 e. The molecule has 0 saturated heterocycles. The number of para-hydroxylation sites is 2. The van der Waals surface area contributed by atoms with E-state index in [1.807, 2.05) is 0 Å². The van der Waals surface area contributed by atoms with Crippen molar-refractivity contribution in [3.63, 3.8) is 0 Å². The first kappa shape index (κ1) is 16.8. The van der Waals surface area contributed by atoms with E-state index in [2.05, 4.69) is 77.0 Å². The van der Waals surface area contributed by atoms with E-state index < -0.39 is 0 Å². The second-order valence-corrected chi connectivity index (χ2v) is 5.62. The summed E-state index contributed by atoms with van der Waals surface area (Å²) in [6, 6.07) is 19.4. The lowest BCUT2D eigenvalue weighted by atomic mass is 10.2. The lowest BCUT2D eigenvalue weighted by Gasteiger charge is -1.98. The summed E-state index contributed by atoms with van der Waals surface area (Å²) in [5.74, 6) is 0. The Morgan fingerprint density at radius 2 is 1.64 bits per heavy atom. The van der Waals surface area contributed by atoms with Gasteiger partial charge in [0, 0.05) is 0 Å². The second kappa shape index (κ2) is 8.14. The first-order valence-electron chi connectivity index (χ1n) is 7.89. The Morgan fingerprint density at radius 3 is 2.41 bits per heavy atom. The molecule has 0 aliphatic rings. The van der Waals surface area contributed by atoms with E-state index >= 15 is 0 Å². The Hall–Kier alpha value is -1.61.